The van der Waals surface area contributed by atoms with E-state index in [1.165, 1.54) is 11.3 Å². The Morgan fingerprint density at radius 1 is 1.17 bits per heavy atom. The van der Waals surface area contributed by atoms with Crippen LogP contribution >= 0.6 is 11.6 Å². The van der Waals surface area contributed by atoms with E-state index in [1.807, 2.05) is 0 Å². The Morgan fingerprint density at radius 2 is 1.94 bits per heavy atom. The van der Waals surface area contributed by atoms with Crippen LogP contribution in [0, 0.1) is 0 Å². The van der Waals surface area contributed by atoms with Crippen LogP contribution in [0.5, 0.6) is 0 Å². The highest BCUT2D eigenvalue weighted by Crippen LogP contribution is 2.23. The van der Waals surface area contributed by atoms with Crippen molar-refractivity contribution in [1.82, 2.24) is 5.32 Å². The van der Waals surface area contributed by atoms with Crippen molar-refractivity contribution in [2.24, 2.45) is 0 Å². The molecule has 0 aliphatic heterocycles. The van der Waals surface area contributed by atoms with E-state index in [2.05, 4.69) is 49.2 Å². The van der Waals surface area contributed by atoms with E-state index in [4.69, 9.17) is 11.6 Å². The van der Waals surface area contributed by atoms with Crippen LogP contribution in [0.1, 0.15) is 39.2 Å². The third-order valence-corrected chi connectivity index (χ3v) is 3.37. The minimum Gasteiger partial charge on any atom is -0.372 e. The molecule has 0 unspecified atom stereocenters. The molecule has 1 aromatic carbocycles. The molecule has 102 valence electrons. The summed E-state index contributed by atoms with van der Waals surface area (Å²) in [4.78, 5) is 2.36. The molecule has 3 heteroatoms. The lowest BCUT2D eigenvalue weighted by Crippen LogP contribution is -2.23. The van der Waals surface area contributed by atoms with Crippen LogP contribution in [-0.2, 0) is 6.54 Å². The summed E-state index contributed by atoms with van der Waals surface area (Å²) in [7, 11) is 0. The Balaban J connectivity index is 2.71. The van der Waals surface area contributed by atoms with Crippen molar-refractivity contribution in [1.29, 1.82) is 0 Å². The van der Waals surface area contributed by atoms with Gasteiger partial charge in [-0.15, -0.1) is 0 Å². The average molecular weight is 269 g/mol. The maximum absolute atomic E-state index is 6.34. The Labute approximate surface area is 116 Å². The standard InChI is InChI=1S/C15H25ClN2/c1-4-9-17-12-13-7-8-14(11-15(13)16)18(6-3)10-5-2/h7-8,11,17H,4-6,9-10,12H2,1-3H3. The fraction of sp³-hybridized carbons (Fsp3) is 0.600. The van der Waals surface area contributed by atoms with Crippen LogP contribution in [0.25, 0.3) is 0 Å². The average Bonchev–Trinajstić information content (AvgIpc) is 2.38. The molecule has 0 bridgehead atoms. The van der Waals surface area contributed by atoms with E-state index in [0.29, 0.717) is 0 Å². The van der Waals surface area contributed by atoms with Gasteiger partial charge in [-0.25, -0.2) is 0 Å². The molecule has 0 aliphatic carbocycles. The lowest BCUT2D eigenvalue weighted by molar-refractivity contribution is 0.675. The molecule has 0 saturated carbocycles. The summed E-state index contributed by atoms with van der Waals surface area (Å²) in [6.45, 7) is 10.6. The fourth-order valence-corrected chi connectivity index (χ4v) is 2.26. The maximum atomic E-state index is 6.34. The third-order valence-electron chi connectivity index (χ3n) is 3.02. The van der Waals surface area contributed by atoms with Gasteiger partial charge in [0.2, 0.25) is 0 Å². The van der Waals surface area contributed by atoms with Crippen LogP contribution in [0.15, 0.2) is 18.2 Å². The second-order valence-corrected chi connectivity index (χ2v) is 4.94. The van der Waals surface area contributed by atoms with Gasteiger partial charge in [0.05, 0.1) is 0 Å². The van der Waals surface area contributed by atoms with Crippen molar-refractivity contribution >= 4 is 17.3 Å². The Hall–Kier alpha value is -0.730. The molecule has 0 radical (unpaired) electrons. The molecule has 0 atom stereocenters. The highest BCUT2D eigenvalue weighted by atomic mass is 35.5. The zero-order chi connectivity index (χ0) is 13.4. The first kappa shape index (κ1) is 15.3. The van der Waals surface area contributed by atoms with Crippen LogP contribution in [0.2, 0.25) is 5.02 Å². The topological polar surface area (TPSA) is 15.3 Å². The SMILES string of the molecule is CCCNCc1ccc(N(CC)CCC)cc1Cl. The van der Waals surface area contributed by atoms with Crippen molar-refractivity contribution < 1.29 is 0 Å². The van der Waals surface area contributed by atoms with E-state index in [9.17, 15) is 0 Å². The van der Waals surface area contributed by atoms with Gasteiger partial charge >= 0.3 is 0 Å². The number of hydrogen-bond acceptors (Lipinski definition) is 2. The van der Waals surface area contributed by atoms with Gasteiger partial charge in [0, 0.05) is 30.3 Å². The molecule has 0 aliphatic rings. The van der Waals surface area contributed by atoms with Crippen LogP contribution in [0.3, 0.4) is 0 Å². The number of benzene rings is 1. The summed E-state index contributed by atoms with van der Waals surface area (Å²) < 4.78 is 0. The van der Waals surface area contributed by atoms with E-state index < -0.39 is 0 Å². The molecule has 1 N–H and O–H groups in total. The highest BCUT2D eigenvalue weighted by Gasteiger charge is 2.06. The molecule has 0 amide bonds. The maximum Gasteiger partial charge on any atom is 0.0471 e. The molecule has 0 saturated heterocycles. The third kappa shape index (κ3) is 4.51. The summed E-state index contributed by atoms with van der Waals surface area (Å²) in [6.07, 6.45) is 2.31. The summed E-state index contributed by atoms with van der Waals surface area (Å²) in [5.41, 5.74) is 2.41. The van der Waals surface area contributed by atoms with Crippen LogP contribution < -0.4 is 10.2 Å². The Bertz CT molecular complexity index is 352. The van der Waals surface area contributed by atoms with Gasteiger partial charge in [0.15, 0.2) is 0 Å². The summed E-state index contributed by atoms with van der Waals surface area (Å²) in [6, 6.07) is 6.40. The van der Waals surface area contributed by atoms with Gasteiger partial charge in [0.25, 0.3) is 0 Å². The molecular weight excluding hydrogens is 244 g/mol. The summed E-state index contributed by atoms with van der Waals surface area (Å²) in [5, 5.41) is 4.25. The zero-order valence-corrected chi connectivity index (χ0v) is 12.6. The minimum absolute atomic E-state index is 0.854. The number of nitrogens with zero attached hydrogens (tertiary/aromatic N) is 1. The predicted molar refractivity (Wildman–Crippen MR) is 81.6 cm³/mol. The number of halogens is 1. The molecule has 0 heterocycles. The molecule has 2 nitrogen and oxygen atoms in total. The molecule has 18 heavy (non-hydrogen) atoms. The van der Waals surface area contributed by atoms with Crippen molar-refractivity contribution in [3.8, 4) is 0 Å². The quantitative estimate of drug-likeness (QED) is 0.715. The minimum atomic E-state index is 0.854. The molecular formula is C15H25ClN2. The van der Waals surface area contributed by atoms with E-state index in [1.54, 1.807) is 0 Å². The van der Waals surface area contributed by atoms with Gasteiger partial charge in [-0.1, -0.05) is 31.5 Å². The number of hydrogen-bond donors (Lipinski definition) is 1. The van der Waals surface area contributed by atoms with Crippen LogP contribution in [0.4, 0.5) is 5.69 Å². The first-order chi connectivity index (χ1) is 8.72. The number of rotatable bonds is 8. The van der Waals surface area contributed by atoms with E-state index >= 15 is 0 Å². The van der Waals surface area contributed by atoms with Gasteiger partial charge < -0.3 is 10.2 Å². The van der Waals surface area contributed by atoms with Gasteiger partial charge in [-0.05, 0) is 44.0 Å². The lowest BCUT2D eigenvalue weighted by Gasteiger charge is -2.23. The van der Waals surface area contributed by atoms with Crippen molar-refractivity contribution in [3.05, 3.63) is 28.8 Å². The predicted octanol–water partition coefficient (Wildman–Crippen LogP) is 4.08. The monoisotopic (exact) mass is 268 g/mol. The molecule has 0 spiro atoms. The van der Waals surface area contributed by atoms with Crippen molar-refractivity contribution in [2.45, 2.75) is 40.2 Å². The summed E-state index contributed by atoms with van der Waals surface area (Å²) in [5.74, 6) is 0. The fourth-order valence-electron chi connectivity index (χ4n) is 2.02. The van der Waals surface area contributed by atoms with E-state index in [-0.39, 0.29) is 0 Å². The summed E-state index contributed by atoms with van der Waals surface area (Å²) >= 11 is 6.34. The van der Waals surface area contributed by atoms with Gasteiger partial charge in [-0.2, -0.15) is 0 Å². The van der Waals surface area contributed by atoms with Crippen LogP contribution in [-0.4, -0.2) is 19.6 Å². The number of nitrogens with one attached hydrogen (secondary N) is 1. The lowest BCUT2D eigenvalue weighted by atomic mass is 10.2. The number of anilines is 1. The Kier molecular flexibility index (Phi) is 7.14. The molecule has 1 aromatic rings. The highest BCUT2D eigenvalue weighted by molar-refractivity contribution is 6.31. The molecule has 0 fully saturated rings. The first-order valence-corrected chi connectivity index (χ1v) is 7.34. The molecule has 1 rings (SSSR count). The Morgan fingerprint density at radius 3 is 2.50 bits per heavy atom. The van der Waals surface area contributed by atoms with Gasteiger partial charge in [0.1, 0.15) is 0 Å². The molecule has 0 aromatic heterocycles. The van der Waals surface area contributed by atoms with Crippen molar-refractivity contribution in [3.63, 3.8) is 0 Å². The first-order valence-electron chi connectivity index (χ1n) is 6.97. The van der Waals surface area contributed by atoms with Gasteiger partial charge in [-0.3, -0.25) is 0 Å². The van der Waals surface area contributed by atoms with Crippen molar-refractivity contribution in [2.75, 3.05) is 24.5 Å². The van der Waals surface area contributed by atoms with E-state index in [0.717, 1.165) is 44.0 Å². The normalized spacial score (nSPS) is 10.7. The smallest absolute Gasteiger partial charge is 0.0471 e. The largest absolute Gasteiger partial charge is 0.372 e. The second kappa shape index (κ2) is 8.39. The zero-order valence-electron chi connectivity index (χ0n) is 11.8. The second-order valence-electron chi connectivity index (χ2n) is 4.53.